The van der Waals surface area contributed by atoms with Crippen LogP contribution in [0.4, 0.5) is 0 Å². The van der Waals surface area contributed by atoms with E-state index in [0.29, 0.717) is 22.7 Å². The second-order valence-corrected chi connectivity index (χ2v) is 7.32. The average molecular weight is 386 g/mol. The molecule has 0 aromatic carbocycles. The van der Waals surface area contributed by atoms with Crippen molar-refractivity contribution >= 4 is 15.9 Å². The zero-order valence-corrected chi connectivity index (χ0v) is 16.1. The third-order valence-corrected chi connectivity index (χ3v) is 4.79. The molecule has 2 heterocycles. The summed E-state index contributed by atoms with van der Waals surface area (Å²) in [6, 6.07) is 0. The van der Waals surface area contributed by atoms with E-state index in [4.69, 9.17) is 9.26 Å². The molecular weight excluding hydrogens is 362 g/mol. The Morgan fingerprint density at radius 2 is 2.09 bits per heavy atom. The van der Waals surface area contributed by atoms with Crippen LogP contribution in [0, 0.1) is 6.92 Å². The van der Waals surface area contributed by atoms with Gasteiger partial charge in [-0.15, -0.1) is 0 Å². The highest BCUT2D eigenvalue weighted by molar-refractivity contribution is 9.10. The fourth-order valence-corrected chi connectivity index (χ4v) is 2.84. The Labute approximate surface area is 144 Å². The predicted octanol–water partition coefficient (Wildman–Crippen LogP) is 3.77. The van der Waals surface area contributed by atoms with E-state index in [-0.39, 0.29) is 17.3 Å². The largest absolute Gasteiger partial charge is 0.371 e. The van der Waals surface area contributed by atoms with Gasteiger partial charge in [0, 0.05) is 17.4 Å². The Hall–Kier alpha value is -1.34. The van der Waals surface area contributed by atoms with Crippen molar-refractivity contribution in [3.05, 3.63) is 32.6 Å². The monoisotopic (exact) mass is 385 g/mol. The van der Waals surface area contributed by atoms with Gasteiger partial charge in [-0.05, 0) is 57.0 Å². The van der Waals surface area contributed by atoms with Crippen LogP contribution >= 0.6 is 15.9 Å². The van der Waals surface area contributed by atoms with Gasteiger partial charge in [-0.2, -0.15) is 0 Å². The zero-order chi connectivity index (χ0) is 17.4. The van der Waals surface area contributed by atoms with Crippen LogP contribution in [0.5, 0.6) is 0 Å². The molecule has 0 unspecified atom stereocenters. The first kappa shape index (κ1) is 18.0. The lowest BCUT2D eigenvalue weighted by atomic mass is 10.0. The van der Waals surface area contributed by atoms with Gasteiger partial charge in [-0.25, -0.2) is 9.36 Å². The summed E-state index contributed by atoms with van der Waals surface area (Å²) >= 11 is 3.47. The molecule has 0 aliphatic rings. The Bertz CT molecular complexity index is 740. The number of aryl methyl sites for hydroxylation is 1. The van der Waals surface area contributed by atoms with Crippen molar-refractivity contribution in [3.63, 3.8) is 0 Å². The van der Waals surface area contributed by atoms with E-state index < -0.39 is 0 Å². The highest BCUT2D eigenvalue weighted by atomic mass is 79.9. The van der Waals surface area contributed by atoms with Gasteiger partial charge in [0.1, 0.15) is 11.1 Å². The summed E-state index contributed by atoms with van der Waals surface area (Å²) in [5, 5.41) is 4.03. The van der Waals surface area contributed by atoms with Crippen molar-refractivity contribution in [3.8, 4) is 5.82 Å². The Balaban J connectivity index is 2.45. The van der Waals surface area contributed by atoms with Crippen LogP contribution in [0.2, 0.25) is 0 Å². The molecule has 128 valence electrons. The molecule has 0 atom stereocenters. The molecule has 7 heteroatoms. The third-order valence-electron chi connectivity index (χ3n) is 4.00. The second-order valence-electron chi connectivity index (χ2n) is 6.53. The number of hydrogen-bond donors (Lipinski definition) is 0. The van der Waals surface area contributed by atoms with Crippen LogP contribution in [0.1, 0.15) is 52.5 Å². The number of aromatic nitrogens is 3. The molecule has 2 aromatic rings. The summed E-state index contributed by atoms with van der Waals surface area (Å²) in [6.45, 7) is 12.3. The van der Waals surface area contributed by atoms with Gasteiger partial charge in [0.05, 0.1) is 6.10 Å². The van der Waals surface area contributed by atoms with Crippen molar-refractivity contribution in [1.82, 2.24) is 14.3 Å². The summed E-state index contributed by atoms with van der Waals surface area (Å²) < 4.78 is 14.8. The Morgan fingerprint density at radius 3 is 2.65 bits per heavy atom. The SMILES string of the molecule is CCC(C)(C)n1c(C)cn(-c2noc(COC(C)C)c2Br)c1=O. The maximum absolute atomic E-state index is 12.8. The number of imidazole rings is 1. The molecular formula is C16H24BrN3O3. The first-order valence-corrected chi connectivity index (χ1v) is 8.55. The second kappa shape index (κ2) is 6.65. The minimum Gasteiger partial charge on any atom is -0.371 e. The smallest absolute Gasteiger partial charge is 0.334 e. The minimum absolute atomic E-state index is 0.0897. The van der Waals surface area contributed by atoms with Crippen molar-refractivity contribution in [2.24, 2.45) is 0 Å². The van der Waals surface area contributed by atoms with E-state index in [1.165, 1.54) is 4.57 Å². The molecule has 0 radical (unpaired) electrons. The van der Waals surface area contributed by atoms with Crippen LogP contribution in [-0.4, -0.2) is 20.4 Å². The standard InChI is InChI=1S/C16H24BrN3O3/c1-7-16(5,6)20-11(4)8-19(15(20)21)14-13(17)12(23-18-14)9-22-10(2)3/h8,10H,7,9H2,1-6H3. The van der Waals surface area contributed by atoms with E-state index in [1.807, 2.05) is 34.6 Å². The van der Waals surface area contributed by atoms with Gasteiger partial charge in [-0.3, -0.25) is 4.57 Å². The van der Waals surface area contributed by atoms with Crippen molar-refractivity contribution in [2.75, 3.05) is 0 Å². The van der Waals surface area contributed by atoms with Crippen LogP contribution in [0.25, 0.3) is 5.82 Å². The van der Waals surface area contributed by atoms with E-state index >= 15 is 0 Å². The molecule has 0 amide bonds. The normalized spacial score (nSPS) is 12.3. The van der Waals surface area contributed by atoms with Gasteiger partial charge in [0.25, 0.3) is 0 Å². The molecule has 2 rings (SSSR count). The van der Waals surface area contributed by atoms with Crippen molar-refractivity contribution in [1.29, 1.82) is 0 Å². The molecule has 0 saturated heterocycles. The molecule has 0 bridgehead atoms. The number of halogens is 1. The lowest BCUT2D eigenvalue weighted by Crippen LogP contribution is -2.37. The number of ether oxygens (including phenoxy) is 1. The van der Waals surface area contributed by atoms with Gasteiger partial charge in [0.15, 0.2) is 11.6 Å². The summed E-state index contributed by atoms with van der Waals surface area (Å²) in [6.07, 6.45) is 2.73. The summed E-state index contributed by atoms with van der Waals surface area (Å²) in [5.41, 5.74) is 0.503. The lowest BCUT2D eigenvalue weighted by Gasteiger charge is -2.25. The van der Waals surface area contributed by atoms with Gasteiger partial charge in [-0.1, -0.05) is 12.1 Å². The molecule has 0 saturated carbocycles. The quantitative estimate of drug-likeness (QED) is 0.758. The van der Waals surface area contributed by atoms with E-state index in [2.05, 4.69) is 28.0 Å². The van der Waals surface area contributed by atoms with E-state index in [1.54, 1.807) is 10.8 Å². The van der Waals surface area contributed by atoms with Crippen LogP contribution in [0.3, 0.4) is 0 Å². The van der Waals surface area contributed by atoms with Gasteiger partial charge >= 0.3 is 5.69 Å². The highest BCUT2D eigenvalue weighted by Gasteiger charge is 2.26. The maximum atomic E-state index is 12.8. The molecule has 0 N–H and O–H groups in total. The minimum atomic E-state index is -0.258. The van der Waals surface area contributed by atoms with Gasteiger partial charge < -0.3 is 9.26 Å². The van der Waals surface area contributed by atoms with Crippen LogP contribution < -0.4 is 5.69 Å². The first-order chi connectivity index (χ1) is 10.7. The Kier molecular flexibility index (Phi) is 5.20. The topological polar surface area (TPSA) is 62.2 Å². The number of rotatable bonds is 6. The molecule has 0 aliphatic carbocycles. The summed E-state index contributed by atoms with van der Waals surface area (Å²) in [5.74, 6) is 1.02. The van der Waals surface area contributed by atoms with E-state index in [0.717, 1.165) is 12.1 Å². The average Bonchev–Trinajstić information content (AvgIpc) is 2.97. The third kappa shape index (κ3) is 3.45. The molecule has 0 aliphatic heterocycles. The summed E-state index contributed by atoms with van der Waals surface area (Å²) in [4.78, 5) is 12.8. The zero-order valence-electron chi connectivity index (χ0n) is 14.5. The fraction of sp³-hybridized carbons (Fsp3) is 0.625. The van der Waals surface area contributed by atoms with Gasteiger partial charge in [0.2, 0.25) is 0 Å². The van der Waals surface area contributed by atoms with Crippen LogP contribution in [0.15, 0.2) is 20.0 Å². The van der Waals surface area contributed by atoms with Crippen molar-refractivity contribution in [2.45, 2.75) is 66.2 Å². The fourth-order valence-electron chi connectivity index (χ4n) is 2.39. The van der Waals surface area contributed by atoms with Crippen LogP contribution in [-0.2, 0) is 16.9 Å². The molecule has 0 spiro atoms. The number of hydrogen-bond acceptors (Lipinski definition) is 4. The molecule has 0 fully saturated rings. The summed E-state index contributed by atoms with van der Waals surface area (Å²) in [7, 11) is 0. The van der Waals surface area contributed by atoms with E-state index in [9.17, 15) is 4.79 Å². The Morgan fingerprint density at radius 1 is 1.43 bits per heavy atom. The lowest BCUT2D eigenvalue weighted by molar-refractivity contribution is 0.0508. The molecule has 23 heavy (non-hydrogen) atoms. The first-order valence-electron chi connectivity index (χ1n) is 7.76. The maximum Gasteiger partial charge on any atom is 0.334 e. The molecule has 6 nitrogen and oxygen atoms in total. The molecule has 2 aromatic heterocycles. The highest BCUT2D eigenvalue weighted by Crippen LogP contribution is 2.26. The predicted molar refractivity (Wildman–Crippen MR) is 92.1 cm³/mol. The number of nitrogens with zero attached hydrogens (tertiary/aromatic N) is 3. The van der Waals surface area contributed by atoms with Crippen molar-refractivity contribution < 1.29 is 9.26 Å².